The summed E-state index contributed by atoms with van der Waals surface area (Å²) < 4.78 is 0. The molecule has 14 heavy (non-hydrogen) atoms. The molecule has 0 heterocycles. The zero-order valence-electron chi connectivity index (χ0n) is 10.6. The van der Waals surface area contributed by atoms with E-state index >= 15 is 0 Å². The Hall–Kier alpha value is -0.0400. The third-order valence-corrected chi connectivity index (χ3v) is 3.17. The molecule has 0 saturated heterocycles. The summed E-state index contributed by atoms with van der Waals surface area (Å²) in [7, 11) is 0. The second-order valence-corrected chi connectivity index (χ2v) is 5.50. The molecule has 0 aliphatic carbocycles. The van der Waals surface area contributed by atoms with Crippen molar-refractivity contribution in [2.45, 2.75) is 72.8 Å². The highest BCUT2D eigenvalue weighted by atomic mass is 16.3. The Morgan fingerprint density at radius 3 is 2.07 bits per heavy atom. The van der Waals surface area contributed by atoms with E-state index in [-0.39, 0.29) is 6.10 Å². The van der Waals surface area contributed by atoms with E-state index in [2.05, 4.69) is 34.6 Å². The van der Waals surface area contributed by atoms with E-state index in [1.165, 1.54) is 12.8 Å². The summed E-state index contributed by atoms with van der Waals surface area (Å²) in [5.74, 6) is 0.648. The Morgan fingerprint density at radius 1 is 1.14 bits per heavy atom. The molecule has 0 fully saturated rings. The first kappa shape index (κ1) is 14.0. The van der Waals surface area contributed by atoms with Crippen LogP contribution in [0.15, 0.2) is 0 Å². The van der Waals surface area contributed by atoms with Crippen LogP contribution in [0.3, 0.4) is 0 Å². The number of aliphatic hydroxyl groups excluding tert-OH is 1. The second-order valence-electron chi connectivity index (χ2n) is 5.50. The lowest BCUT2D eigenvalue weighted by molar-refractivity contribution is 0.0917. The summed E-state index contributed by atoms with van der Waals surface area (Å²) in [5.41, 5.74) is 0.335. The first-order chi connectivity index (χ1) is 6.41. The number of hydrogen-bond acceptors (Lipinski definition) is 1. The fourth-order valence-corrected chi connectivity index (χ4v) is 2.02. The van der Waals surface area contributed by atoms with Gasteiger partial charge in [-0.05, 0) is 24.2 Å². The normalized spacial score (nSPS) is 16.7. The van der Waals surface area contributed by atoms with Gasteiger partial charge in [0, 0.05) is 0 Å². The summed E-state index contributed by atoms with van der Waals surface area (Å²) in [5, 5.41) is 9.85. The highest BCUT2D eigenvalue weighted by Crippen LogP contribution is 2.32. The van der Waals surface area contributed by atoms with Gasteiger partial charge in [0.05, 0.1) is 6.10 Å². The number of aliphatic hydroxyl groups is 1. The quantitative estimate of drug-likeness (QED) is 0.687. The van der Waals surface area contributed by atoms with Crippen LogP contribution in [0, 0.1) is 11.3 Å². The summed E-state index contributed by atoms with van der Waals surface area (Å²) in [6, 6.07) is 0. The van der Waals surface area contributed by atoms with E-state index in [4.69, 9.17) is 0 Å². The molecule has 0 aromatic rings. The molecule has 0 saturated carbocycles. The summed E-state index contributed by atoms with van der Waals surface area (Å²) >= 11 is 0. The number of hydrogen-bond donors (Lipinski definition) is 1. The van der Waals surface area contributed by atoms with Gasteiger partial charge in [-0.1, -0.05) is 53.9 Å². The van der Waals surface area contributed by atoms with Crippen molar-refractivity contribution in [1.29, 1.82) is 0 Å². The lowest BCUT2D eigenvalue weighted by Crippen LogP contribution is -2.24. The van der Waals surface area contributed by atoms with Gasteiger partial charge in [0.1, 0.15) is 0 Å². The van der Waals surface area contributed by atoms with Crippen LogP contribution in [0.2, 0.25) is 0 Å². The third-order valence-electron chi connectivity index (χ3n) is 3.17. The molecule has 0 aliphatic heterocycles. The zero-order chi connectivity index (χ0) is 11.2. The van der Waals surface area contributed by atoms with E-state index in [9.17, 15) is 5.11 Å². The van der Waals surface area contributed by atoms with Crippen LogP contribution in [0.25, 0.3) is 0 Å². The predicted octanol–water partition coefficient (Wildman–Crippen LogP) is 4.00. The van der Waals surface area contributed by atoms with Gasteiger partial charge in [-0.25, -0.2) is 0 Å². The van der Waals surface area contributed by atoms with Crippen molar-refractivity contribution >= 4 is 0 Å². The lowest BCUT2D eigenvalue weighted by Gasteiger charge is -2.31. The van der Waals surface area contributed by atoms with Crippen molar-refractivity contribution in [3.05, 3.63) is 0 Å². The molecule has 0 aliphatic rings. The van der Waals surface area contributed by atoms with Gasteiger partial charge < -0.3 is 5.11 Å². The SMILES string of the molecule is CCCCC(O)CC(CC)C(C)(C)C. The molecule has 1 nitrogen and oxygen atoms in total. The standard InChI is InChI=1S/C13H28O/c1-6-8-9-12(14)10-11(7-2)13(3,4)5/h11-12,14H,6-10H2,1-5H3. The maximum atomic E-state index is 9.85. The van der Waals surface area contributed by atoms with Crippen LogP contribution >= 0.6 is 0 Å². The van der Waals surface area contributed by atoms with Crippen molar-refractivity contribution in [2.75, 3.05) is 0 Å². The van der Waals surface area contributed by atoms with Gasteiger partial charge in [0.2, 0.25) is 0 Å². The Kier molecular flexibility index (Phi) is 6.43. The van der Waals surface area contributed by atoms with Crippen molar-refractivity contribution in [1.82, 2.24) is 0 Å². The minimum atomic E-state index is -0.0841. The Morgan fingerprint density at radius 2 is 1.71 bits per heavy atom. The van der Waals surface area contributed by atoms with Crippen LogP contribution in [-0.2, 0) is 0 Å². The lowest BCUT2D eigenvalue weighted by atomic mass is 9.76. The smallest absolute Gasteiger partial charge is 0.0543 e. The molecule has 86 valence electrons. The zero-order valence-corrected chi connectivity index (χ0v) is 10.6. The minimum absolute atomic E-state index is 0.0841. The maximum Gasteiger partial charge on any atom is 0.0543 e. The molecule has 1 N–H and O–H groups in total. The molecule has 2 unspecified atom stereocenters. The highest BCUT2D eigenvalue weighted by molar-refractivity contribution is 4.75. The maximum absolute atomic E-state index is 9.85. The van der Waals surface area contributed by atoms with Gasteiger partial charge in [-0.3, -0.25) is 0 Å². The van der Waals surface area contributed by atoms with Gasteiger partial charge >= 0.3 is 0 Å². The van der Waals surface area contributed by atoms with Crippen LogP contribution in [0.4, 0.5) is 0 Å². The van der Waals surface area contributed by atoms with Gasteiger partial charge in [-0.2, -0.15) is 0 Å². The van der Waals surface area contributed by atoms with E-state index in [0.29, 0.717) is 11.3 Å². The fraction of sp³-hybridized carbons (Fsp3) is 1.00. The second kappa shape index (κ2) is 6.44. The van der Waals surface area contributed by atoms with E-state index < -0.39 is 0 Å². The van der Waals surface area contributed by atoms with Gasteiger partial charge in [0.15, 0.2) is 0 Å². The molecule has 0 radical (unpaired) electrons. The van der Waals surface area contributed by atoms with Crippen molar-refractivity contribution in [3.8, 4) is 0 Å². The molecule has 0 spiro atoms. The Balaban J connectivity index is 3.93. The summed E-state index contributed by atoms with van der Waals surface area (Å²) in [4.78, 5) is 0. The first-order valence-corrected chi connectivity index (χ1v) is 6.09. The molecular weight excluding hydrogens is 172 g/mol. The summed E-state index contributed by atoms with van der Waals surface area (Å²) in [6.07, 6.45) is 5.38. The minimum Gasteiger partial charge on any atom is -0.393 e. The third kappa shape index (κ3) is 5.64. The number of rotatable bonds is 6. The number of unbranched alkanes of at least 4 members (excludes halogenated alkanes) is 1. The van der Waals surface area contributed by atoms with Gasteiger partial charge in [-0.15, -0.1) is 0 Å². The average molecular weight is 200 g/mol. The van der Waals surface area contributed by atoms with E-state index in [1.807, 2.05) is 0 Å². The van der Waals surface area contributed by atoms with Crippen molar-refractivity contribution < 1.29 is 5.11 Å². The monoisotopic (exact) mass is 200 g/mol. The molecule has 0 aromatic heterocycles. The van der Waals surface area contributed by atoms with Crippen molar-refractivity contribution in [2.24, 2.45) is 11.3 Å². The largest absolute Gasteiger partial charge is 0.393 e. The average Bonchev–Trinajstić information content (AvgIpc) is 2.08. The molecule has 1 heteroatoms. The molecule has 0 aromatic carbocycles. The molecule has 0 bridgehead atoms. The fourth-order valence-electron chi connectivity index (χ4n) is 2.02. The molecular formula is C13H28O. The summed E-state index contributed by atoms with van der Waals surface area (Å²) in [6.45, 7) is 11.2. The van der Waals surface area contributed by atoms with Crippen LogP contribution < -0.4 is 0 Å². The predicted molar refractivity (Wildman–Crippen MR) is 63.4 cm³/mol. The van der Waals surface area contributed by atoms with E-state index in [1.54, 1.807) is 0 Å². The first-order valence-electron chi connectivity index (χ1n) is 6.09. The van der Waals surface area contributed by atoms with Crippen molar-refractivity contribution in [3.63, 3.8) is 0 Å². The topological polar surface area (TPSA) is 20.2 Å². The Labute approximate surface area is 89.9 Å². The van der Waals surface area contributed by atoms with Crippen LogP contribution in [0.5, 0.6) is 0 Å². The van der Waals surface area contributed by atoms with Gasteiger partial charge in [0.25, 0.3) is 0 Å². The van der Waals surface area contributed by atoms with Crippen LogP contribution in [0.1, 0.15) is 66.7 Å². The van der Waals surface area contributed by atoms with E-state index in [0.717, 1.165) is 19.3 Å². The highest BCUT2D eigenvalue weighted by Gasteiger charge is 2.24. The molecule has 0 amide bonds. The molecule has 0 rings (SSSR count). The Bertz CT molecular complexity index is 135. The molecule has 2 atom stereocenters. The van der Waals surface area contributed by atoms with Crippen LogP contribution in [-0.4, -0.2) is 11.2 Å².